The molecule has 0 heterocycles. The molecule has 0 saturated carbocycles. The van der Waals surface area contributed by atoms with Gasteiger partial charge in [-0.25, -0.2) is 9.80 Å². The standard InChI is InChI=1S/C5H11N3O/c1-4-8(7-3)5(9)6-2/h3-4H2,1-2H3,(H,6,9). The fraction of sp³-hybridized carbons (Fsp3) is 0.600. The molecule has 0 unspecified atom stereocenters. The second kappa shape index (κ2) is 3.88. The number of nitrogens with one attached hydrogen (secondary N) is 1. The zero-order valence-electron chi connectivity index (χ0n) is 5.72. The summed E-state index contributed by atoms with van der Waals surface area (Å²) in [6.45, 7) is 5.58. The van der Waals surface area contributed by atoms with Crippen molar-refractivity contribution in [3.8, 4) is 0 Å². The summed E-state index contributed by atoms with van der Waals surface area (Å²) in [6, 6.07) is -0.229. The van der Waals surface area contributed by atoms with Gasteiger partial charge in [0.05, 0.1) is 0 Å². The van der Waals surface area contributed by atoms with E-state index in [1.165, 1.54) is 5.01 Å². The molecule has 0 atom stereocenters. The average molecular weight is 129 g/mol. The van der Waals surface area contributed by atoms with Crippen LogP contribution in [-0.4, -0.2) is 31.3 Å². The molecule has 0 radical (unpaired) electrons. The van der Waals surface area contributed by atoms with Crippen molar-refractivity contribution in [2.45, 2.75) is 6.92 Å². The van der Waals surface area contributed by atoms with E-state index in [0.29, 0.717) is 6.54 Å². The summed E-state index contributed by atoms with van der Waals surface area (Å²) in [5.41, 5.74) is 0. The third kappa shape index (κ3) is 2.12. The molecule has 0 aromatic carbocycles. The minimum Gasteiger partial charge on any atom is -0.340 e. The van der Waals surface area contributed by atoms with Gasteiger partial charge in [0.1, 0.15) is 0 Å². The van der Waals surface area contributed by atoms with E-state index in [4.69, 9.17) is 0 Å². The molecule has 0 rings (SSSR count). The summed E-state index contributed by atoms with van der Waals surface area (Å²) < 4.78 is 0. The van der Waals surface area contributed by atoms with E-state index in [2.05, 4.69) is 17.1 Å². The number of rotatable bonds is 2. The van der Waals surface area contributed by atoms with Gasteiger partial charge in [-0.1, -0.05) is 0 Å². The van der Waals surface area contributed by atoms with E-state index in [9.17, 15) is 4.79 Å². The summed E-state index contributed by atoms with van der Waals surface area (Å²) in [5.74, 6) is 0. The van der Waals surface area contributed by atoms with Crippen molar-refractivity contribution in [2.24, 2.45) is 5.10 Å². The Labute approximate surface area is 54.5 Å². The predicted octanol–water partition coefficient (Wildman–Crippen LogP) is 0.263. The quantitative estimate of drug-likeness (QED) is 0.422. The van der Waals surface area contributed by atoms with Crippen molar-refractivity contribution < 1.29 is 4.79 Å². The molecule has 0 bridgehead atoms. The Kier molecular flexibility index (Phi) is 3.43. The van der Waals surface area contributed by atoms with E-state index >= 15 is 0 Å². The van der Waals surface area contributed by atoms with Crippen LogP contribution in [0.5, 0.6) is 0 Å². The summed E-state index contributed by atoms with van der Waals surface area (Å²) in [7, 11) is 1.55. The lowest BCUT2D eigenvalue weighted by Crippen LogP contribution is -2.33. The van der Waals surface area contributed by atoms with E-state index in [1.807, 2.05) is 6.92 Å². The topological polar surface area (TPSA) is 44.7 Å². The molecular weight excluding hydrogens is 118 g/mol. The Morgan fingerprint density at radius 2 is 2.44 bits per heavy atom. The van der Waals surface area contributed by atoms with Crippen LogP contribution < -0.4 is 5.32 Å². The third-order valence-electron chi connectivity index (χ3n) is 0.919. The number of carbonyl (C=O) groups is 1. The monoisotopic (exact) mass is 129 g/mol. The van der Waals surface area contributed by atoms with Crippen LogP contribution >= 0.6 is 0 Å². The van der Waals surface area contributed by atoms with Gasteiger partial charge >= 0.3 is 6.03 Å². The predicted molar refractivity (Wildman–Crippen MR) is 36.4 cm³/mol. The van der Waals surface area contributed by atoms with E-state index in [-0.39, 0.29) is 6.03 Å². The molecule has 4 nitrogen and oxygen atoms in total. The number of nitrogens with zero attached hydrogens (tertiary/aromatic N) is 2. The first-order chi connectivity index (χ1) is 4.26. The second-order valence-electron chi connectivity index (χ2n) is 1.41. The molecule has 0 saturated heterocycles. The first-order valence-electron chi connectivity index (χ1n) is 2.72. The van der Waals surface area contributed by atoms with Gasteiger partial charge in [0, 0.05) is 20.3 Å². The smallest absolute Gasteiger partial charge is 0.337 e. The summed E-state index contributed by atoms with van der Waals surface area (Å²) in [5, 5.41) is 7.10. The third-order valence-corrected chi connectivity index (χ3v) is 0.919. The van der Waals surface area contributed by atoms with E-state index < -0.39 is 0 Å². The number of hydrogen-bond donors (Lipinski definition) is 1. The van der Waals surface area contributed by atoms with Crippen molar-refractivity contribution in [3.63, 3.8) is 0 Å². The highest BCUT2D eigenvalue weighted by Gasteiger charge is 2.03. The fourth-order valence-electron chi connectivity index (χ4n) is 0.437. The molecule has 0 spiro atoms. The molecule has 0 aliphatic carbocycles. The lowest BCUT2D eigenvalue weighted by molar-refractivity contribution is 0.205. The Balaban J connectivity index is 3.78. The number of amides is 2. The van der Waals surface area contributed by atoms with Crippen LogP contribution in [0.4, 0.5) is 4.79 Å². The fourth-order valence-corrected chi connectivity index (χ4v) is 0.437. The summed E-state index contributed by atoms with van der Waals surface area (Å²) in [4.78, 5) is 10.7. The normalized spacial score (nSPS) is 8.22. The van der Waals surface area contributed by atoms with Crippen LogP contribution in [0.15, 0.2) is 5.10 Å². The van der Waals surface area contributed by atoms with Gasteiger partial charge in [0.2, 0.25) is 0 Å². The molecule has 0 aliphatic heterocycles. The molecule has 0 aliphatic rings. The molecule has 0 aromatic rings. The first-order valence-corrected chi connectivity index (χ1v) is 2.72. The first kappa shape index (κ1) is 7.94. The minimum absolute atomic E-state index is 0.229. The Bertz CT molecular complexity index is 113. The summed E-state index contributed by atoms with van der Waals surface area (Å²) in [6.07, 6.45) is 0. The minimum atomic E-state index is -0.229. The SMILES string of the molecule is C=NN(CC)C(=O)NC. The molecule has 4 heteroatoms. The van der Waals surface area contributed by atoms with Gasteiger partial charge < -0.3 is 5.32 Å². The van der Waals surface area contributed by atoms with E-state index in [1.54, 1.807) is 7.05 Å². The molecule has 52 valence electrons. The van der Waals surface area contributed by atoms with Crippen LogP contribution in [0, 0.1) is 0 Å². The maximum Gasteiger partial charge on any atom is 0.337 e. The second-order valence-corrected chi connectivity index (χ2v) is 1.41. The van der Waals surface area contributed by atoms with Crippen molar-refractivity contribution in [3.05, 3.63) is 0 Å². The van der Waals surface area contributed by atoms with Gasteiger partial charge in [-0.05, 0) is 6.92 Å². The number of urea groups is 1. The van der Waals surface area contributed by atoms with Crippen LogP contribution in [0.25, 0.3) is 0 Å². The zero-order chi connectivity index (χ0) is 7.28. The van der Waals surface area contributed by atoms with Crippen molar-refractivity contribution >= 4 is 12.7 Å². The van der Waals surface area contributed by atoms with Gasteiger partial charge in [-0.2, -0.15) is 5.10 Å². The highest BCUT2D eigenvalue weighted by molar-refractivity contribution is 5.73. The van der Waals surface area contributed by atoms with Crippen molar-refractivity contribution in [1.29, 1.82) is 0 Å². The maximum absolute atomic E-state index is 10.7. The van der Waals surface area contributed by atoms with Crippen molar-refractivity contribution in [1.82, 2.24) is 10.3 Å². The number of hydrogen-bond acceptors (Lipinski definition) is 2. The number of carbonyl (C=O) groups excluding carboxylic acids is 1. The van der Waals surface area contributed by atoms with Crippen LogP contribution in [0.2, 0.25) is 0 Å². The largest absolute Gasteiger partial charge is 0.340 e. The average Bonchev–Trinajstić information content (AvgIpc) is 1.90. The highest BCUT2D eigenvalue weighted by atomic mass is 16.2. The Morgan fingerprint density at radius 1 is 1.89 bits per heavy atom. The van der Waals surface area contributed by atoms with Gasteiger partial charge in [0.15, 0.2) is 0 Å². The Morgan fingerprint density at radius 3 is 2.56 bits per heavy atom. The highest BCUT2D eigenvalue weighted by Crippen LogP contribution is 1.85. The van der Waals surface area contributed by atoms with Gasteiger partial charge in [0.25, 0.3) is 0 Å². The zero-order valence-corrected chi connectivity index (χ0v) is 5.72. The molecule has 9 heavy (non-hydrogen) atoms. The van der Waals surface area contributed by atoms with Crippen molar-refractivity contribution in [2.75, 3.05) is 13.6 Å². The van der Waals surface area contributed by atoms with Gasteiger partial charge in [-0.3, -0.25) is 0 Å². The molecule has 2 amide bonds. The lowest BCUT2D eigenvalue weighted by atomic mass is 10.7. The molecule has 0 fully saturated rings. The molecule has 0 aromatic heterocycles. The lowest BCUT2D eigenvalue weighted by Gasteiger charge is -2.11. The molecular formula is C5H11N3O. The number of hydrazone groups is 1. The van der Waals surface area contributed by atoms with Crippen LogP contribution in [-0.2, 0) is 0 Å². The van der Waals surface area contributed by atoms with Crippen LogP contribution in [0.1, 0.15) is 6.92 Å². The Hall–Kier alpha value is -1.06. The molecule has 1 N–H and O–H groups in total. The maximum atomic E-state index is 10.7. The van der Waals surface area contributed by atoms with Crippen LogP contribution in [0.3, 0.4) is 0 Å². The summed E-state index contributed by atoms with van der Waals surface area (Å²) >= 11 is 0. The van der Waals surface area contributed by atoms with E-state index in [0.717, 1.165) is 0 Å². The van der Waals surface area contributed by atoms with Gasteiger partial charge in [-0.15, -0.1) is 0 Å².